The molecular formula is C38H24N4OS. The number of fused-ring (bicyclic) bond motifs is 6. The van der Waals surface area contributed by atoms with E-state index in [1.165, 1.54) is 27.2 Å². The van der Waals surface area contributed by atoms with Crippen molar-refractivity contribution in [2.45, 2.75) is 0 Å². The molecule has 0 spiro atoms. The quantitative estimate of drug-likeness (QED) is 0.202. The van der Waals surface area contributed by atoms with Crippen molar-refractivity contribution >= 4 is 55.1 Å². The second-order valence-electron chi connectivity index (χ2n) is 10.7. The summed E-state index contributed by atoms with van der Waals surface area (Å²) in [5.74, 6) is 1.51. The van der Waals surface area contributed by atoms with Crippen molar-refractivity contribution < 1.29 is 4.74 Å². The molecule has 44 heavy (non-hydrogen) atoms. The first-order chi connectivity index (χ1) is 21.8. The van der Waals surface area contributed by atoms with Crippen molar-refractivity contribution in [2.24, 2.45) is 0 Å². The first-order valence-electron chi connectivity index (χ1n) is 14.5. The number of benzene rings is 5. The van der Waals surface area contributed by atoms with Crippen LogP contribution < -0.4 is 4.74 Å². The molecule has 4 heterocycles. The molecule has 0 fully saturated rings. The normalized spacial score (nSPS) is 11.6. The van der Waals surface area contributed by atoms with Gasteiger partial charge in [0.15, 0.2) is 0 Å². The smallest absolute Gasteiger partial charge is 0.145 e. The molecule has 5 aromatic carbocycles. The minimum atomic E-state index is 0.756. The van der Waals surface area contributed by atoms with Crippen LogP contribution in [0, 0.1) is 0 Å². The maximum atomic E-state index is 6.44. The van der Waals surface area contributed by atoms with Crippen LogP contribution >= 0.6 is 11.3 Å². The molecule has 0 bridgehead atoms. The Bertz CT molecular complexity index is 2400. The zero-order valence-corrected chi connectivity index (χ0v) is 24.3. The highest BCUT2D eigenvalue weighted by Crippen LogP contribution is 2.37. The summed E-state index contributed by atoms with van der Waals surface area (Å²) in [5.41, 5.74) is 6.42. The van der Waals surface area contributed by atoms with Gasteiger partial charge in [0, 0.05) is 39.4 Å². The Hall–Kier alpha value is -5.72. The van der Waals surface area contributed by atoms with Crippen molar-refractivity contribution in [3.8, 4) is 32.8 Å². The van der Waals surface area contributed by atoms with E-state index in [0.717, 1.165) is 49.3 Å². The van der Waals surface area contributed by atoms with Crippen molar-refractivity contribution in [1.29, 1.82) is 0 Å². The van der Waals surface area contributed by atoms with Crippen molar-refractivity contribution in [1.82, 2.24) is 19.1 Å². The molecule has 0 aliphatic heterocycles. The zero-order valence-electron chi connectivity index (χ0n) is 23.5. The van der Waals surface area contributed by atoms with E-state index in [0.29, 0.717) is 0 Å². The Morgan fingerprint density at radius 3 is 1.89 bits per heavy atom. The number of nitrogens with zero attached hydrogens (tertiary/aromatic N) is 4. The molecule has 0 aliphatic carbocycles. The second kappa shape index (κ2) is 9.93. The van der Waals surface area contributed by atoms with Crippen LogP contribution in [0.25, 0.3) is 65.0 Å². The number of rotatable bonds is 5. The van der Waals surface area contributed by atoms with Crippen molar-refractivity contribution in [3.05, 3.63) is 146 Å². The van der Waals surface area contributed by atoms with Gasteiger partial charge < -0.3 is 4.74 Å². The fourth-order valence-electron chi connectivity index (χ4n) is 6.23. The highest BCUT2D eigenvalue weighted by atomic mass is 32.1. The molecule has 9 rings (SSSR count). The van der Waals surface area contributed by atoms with E-state index in [9.17, 15) is 0 Å². The topological polar surface area (TPSA) is 44.9 Å². The van der Waals surface area contributed by atoms with Crippen LogP contribution in [0.4, 0.5) is 0 Å². The van der Waals surface area contributed by atoms with E-state index in [2.05, 4.69) is 112 Å². The minimum Gasteiger partial charge on any atom is -0.457 e. The average Bonchev–Trinajstić information content (AvgIpc) is 3.78. The Morgan fingerprint density at radius 1 is 0.523 bits per heavy atom. The Balaban J connectivity index is 1.07. The second-order valence-corrected chi connectivity index (χ2v) is 11.7. The summed E-state index contributed by atoms with van der Waals surface area (Å²) in [6.07, 6.45) is 3.81. The molecule has 0 unspecified atom stereocenters. The predicted molar refractivity (Wildman–Crippen MR) is 181 cm³/mol. The van der Waals surface area contributed by atoms with Gasteiger partial charge in [-0.15, -0.1) is 0 Å². The average molecular weight is 585 g/mol. The van der Waals surface area contributed by atoms with Crippen LogP contribution in [0.2, 0.25) is 0 Å². The number of pyridine rings is 1. The SMILES string of the molecule is c1cc(Oc2cccc(-n3c4ccccc4c4cccnc43)c2)cc(-c2ncc(-n3c4ccccc4c4ccccc43)s2)c1. The van der Waals surface area contributed by atoms with Gasteiger partial charge in [-0.3, -0.25) is 9.13 Å². The molecule has 0 N–H and O–H groups in total. The molecule has 0 saturated carbocycles. The minimum absolute atomic E-state index is 0.756. The number of para-hydroxylation sites is 3. The summed E-state index contributed by atoms with van der Waals surface area (Å²) in [4.78, 5) is 9.56. The Labute approximate surface area is 256 Å². The maximum Gasteiger partial charge on any atom is 0.145 e. The molecular weight excluding hydrogens is 561 g/mol. The summed E-state index contributed by atoms with van der Waals surface area (Å²) in [7, 11) is 0. The van der Waals surface area contributed by atoms with E-state index in [1.807, 2.05) is 42.7 Å². The third-order valence-corrected chi connectivity index (χ3v) is 9.15. The first kappa shape index (κ1) is 24.8. The number of thiazole rings is 1. The lowest BCUT2D eigenvalue weighted by Gasteiger charge is -2.11. The van der Waals surface area contributed by atoms with E-state index < -0.39 is 0 Å². The van der Waals surface area contributed by atoms with Gasteiger partial charge in [0.25, 0.3) is 0 Å². The number of ether oxygens (including phenoxy) is 1. The highest BCUT2D eigenvalue weighted by Gasteiger charge is 2.16. The monoisotopic (exact) mass is 584 g/mol. The van der Waals surface area contributed by atoms with Crippen LogP contribution in [0.15, 0.2) is 146 Å². The van der Waals surface area contributed by atoms with Crippen LogP contribution in [-0.2, 0) is 0 Å². The molecule has 0 amide bonds. The number of aromatic nitrogens is 4. The summed E-state index contributed by atoms with van der Waals surface area (Å²) < 4.78 is 10.9. The number of hydrogen-bond acceptors (Lipinski definition) is 4. The lowest BCUT2D eigenvalue weighted by molar-refractivity contribution is 0.482. The van der Waals surface area contributed by atoms with Gasteiger partial charge >= 0.3 is 0 Å². The molecule has 0 saturated heterocycles. The fraction of sp³-hybridized carbons (Fsp3) is 0. The standard InChI is InChI=1S/C38H24N4OS/c1-5-19-34-29(14-1)30-15-2-6-20-35(30)42(34)36-24-40-38(44-36)25-10-7-12-27(22-25)43-28-13-8-11-26(23-28)41-33-18-4-3-16-31(33)32-17-9-21-39-37(32)41/h1-24H. The molecule has 6 heteroatoms. The van der Waals surface area contributed by atoms with E-state index >= 15 is 0 Å². The van der Waals surface area contributed by atoms with Crippen LogP contribution in [-0.4, -0.2) is 19.1 Å². The van der Waals surface area contributed by atoms with Crippen molar-refractivity contribution in [3.63, 3.8) is 0 Å². The summed E-state index contributed by atoms with van der Waals surface area (Å²) in [6, 6.07) is 45.9. The Kier molecular flexibility index (Phi) is 5.61. The highest BCUT2D eigenvalue weighted by molar-refractivity contribution is 7.17. The van der Waals surface area contributed by atoms with Gasteiger partial charge in [-0.1, -0.05) is 84.1 Å². The van der Waals surface area contributed by atoms with Crippen LogP contribution in [0.1, 0.15) is 0 Å². The summed E-state index contributed by atoms with van der Waals surface area (Å²) in [6.45, 7) is 0. The molecule has 208 valence electrons. The largest absolute Gasteiger partial charge is 0.457 e. The molecule has 5 nitrogen and oxygen atoms in total. The third-order valence-electron chi connectivity index (χ3n) is 8.12. The van der Waals surface area contributed by atoms with Gasteiger partial charge in [-0.05, 0) is 54.6 Å². The van der Waals surface area contributed by atoms with Gasteiger partial charge in [-0.2, -0.15) is 0 Å². The maximum absolute atomic E-state index is 6.44. The predicted octanol–water partition coefficient (Wildman–Crippen LogP) is 10.2. The third kappa shape index (κ3) is 3.92. The molecule has 9 aromatic rings. The van der Waals surface area contributed by atoms with Crippen LogP contribution in [0.3, 0.4) is 0 Å². The van der Waals surface area contributed by atoms with Gasteiger partial charge in [0.05, 0.1) is 28.4 Å². The van der Waals surface area contributed by atoms with Gasteiger partial charge in [0.2, 0.25) is 0 Å². The van der Waals surface area contributed by atoms with E-state index in [-0.39, 0.29) is 0 Å². The fourth-order valence-corrected chi connectivity index (χ4v) is 7.18. The van der Waals surface area contributed by atoms with Gasteiger partial charge in [0.1, 0.15) is 27.2 Å². The first-order valence-corrected chi connectivity index (χ1v) is 15.3. The molecule has 0 radical (unpaired) electrons. The zero-order chi connectivity index (χ0) is 29.0. The van der Waals surface area contributed by atoms with E-state index in [1.54, 1.807) is 11.3 Å². The summed E-state index contributed by atoms with van der Waals surface area (Å²) >= 11 is 1.68. The van der Waals surface area contributed by atoms with E-state index in [4.69, 9.17) is 14.7 Å². The molecule has 0 aliphatic rings. The Morgan fingerprint density at radius 2 is 1.14 bits per heavy atom. The lowest BCUT2D eigenvalue weighted by atomic mass is 10.2. The lowest BCUT2D eigenvalue weighted by Crippen LogP contribution is -1.96. The summed E-state index contributed by atoms with van der Waals surface area (Å²) in [5, 5.41) is 6.82. The van der Waals surface area contributed by atoms with Crippen molar-refractivity contribution in [2.75, 3.05) is 0 Å². The molecule has 4 aromatic heterocycles. The molecule has 0 atom stereocenters. The van der Waals surface area contributed by atoms with Gasteiger partial charge in [-0.25, -0.2) is 9.97 Å². The number of hydrogen-bond donors (Lipinski definition) is 0. The van der Waals surface area contributed by atoms with Crippen LogP contribution in [0.5, 0.6) is 11.5 Å².